The van der Waals surface area contributed by atoms with Crippen LogP contribution in [0.4, 0.5) is 0 Å². The van der Waals surface area contributed by atoms with Crippen LogP contribution in [0, 0.1) is 0 Å². The molecule has 2 unspecified atom stereocenters. The molecule has 3 saturated heterocycles. The van der Waals surface area contributed by atoms with Gasteiger partial charge in [-0.3, -0.25) is 9.80 Å². The van der Waals surface area contributed by atoms with Crippen LogP contribution in [0.5, 0.6) is 0 Å². The Morgan fingerprint density at radius 2 is 0.976 bits per heavy atom. The average molecular weight is 602 g/mol. The molecule has 0 N–H and O–H groups in total. The predicted octanol–water partition coefficient (Wildman–Crippen LogP) is 7.81. The number of ether oxygens (including phenoxy) is 1. The fraction of sp³-hybridized carbons (Fsp3) is 1.00. The van der Waals surface area contributed by atoms with Gasteiger partial charge in [-0.15, -0.1) is 0 Å². The lowest BCUT2D eigenvalue weighted by atomic mass is 10.2. The Kier molecular flexibility index (Phi) is 29.8. The normalized spacial score (nSPS) is 21.5. The van der Waals surface area contributed by atoms with Gasteiger partial charge < -0.3 is 19.4 Å². The Labute approximate surface area is 267 Å². The van der Waals surface area contributed by atoms with Crippen molar-refractivity contribution in [2.24, 2.45) is 0 Å². The molecule has 3 aliphatic rings. The molecule has 0 aromatic heterocycles. The molecule has 6 nitrogen and oxygen atoms in total. The first-order chi connectivity index (χ1) is 19.1. The molecule has 0 aliphatic carbocycles. The molecule has 42 heavy (non-hydrogen) atoms. The van der Waals surface area contributed by atoms with Gasteiger partial charge in [0.15, 0.2) is 0 Å². The van der Waals surface area contributed by atoms with Crippen LogP contribution in [0.1, 0.15) is 130 Å². The minimum absolute atomic E-state index is 0. The van der Waals surface area contributed by atoms with Gasteiger partial charge in [-0.2, -0.15) is 0 Å². The minimum atomic E-state index is 0. The second-order valence-electron chi connectivity index (χ2n) is 13.8. The maximum absolute atomic E-state index is 5.21. The van der Waals surface area contributed by atoms with Gasteiger partial charge in [-0.05, 0) is 149 Å². The van der Waals surface area contributed by atoms with Gasteiger partial charge in [-0.25, -0.2) is 0 Å². The summed E-state index contributed by atoms with van der Waals surface area (Å²) in [6.07, 6.45) is 5.61. The Morgan fingerprint density at radius 1 is 0.619 bits per heavy atom. The molecule has 0 saturated carbocycles. The van der Waals surface area contributed by atoms with Gasteiger partial charge in [0.1, 0.15) is 0 Å². The average Bonchev–Trinajstić information content (AvgIpc) is 3.57. The molecule has 0 radical (unpaired) electrons. The Morgan fingerprint density at radius 3 is 1.14 bits per heavy atom. The lowest BCUT2D eigenvalue weighted by Gasteiger charge is -2.29. The van der Waals surface area contributed by atoms with Crippen molar-refractivity contribution in [2.75, 3.05) is 66.6 Å². The van der Waals surface area contributed by atoms with E-state index in [0.29, 0.717) is 18.1 Å². The van der Waals surface area contributed by atoms with Crippen LogP contribution in [0.15, 0.2) is 0 Å². The third-order valence-corrected chi connectivity index (χ3v) is 8.84. The standard InChI is InChI=1S/C9H19N.C7H15NO.C7H15N.C7H17N.C5H13N.CH4/c1-7(2)10-8(3)5-6-9(10)4;1-7(2)8-3-5-9-6-4-8;1-7(2)8-5-3-4-6-8;1-5-8(6-2)7(3)4;1-5(2)6(3)4;/h7-9H,5-6H2,1-4H3;7H,3-6H2,1-2H3;7H,3-6H2,1-2H3;7H,5-6H2,1-4H3;5H,1-4H3;1H4. The number of rotatable bonds is 7. The molecule has 6 heteroatoms. The zero-order valence-corrected chi connectivity index (χ0v) is 31.2. The largest absolute Gasteiger partial charge is 0.379 e. The quantitative estimate of drug-likeness (QED) is 0.295. The van der Waals surface area contributed by atoms with Gasteiger partial charge in [0.2, 0.25) is 0 Å². The number of nitrogens with zero attached hydrogens (tertiary/aromatic N) is 5. The van der Waals surface area contributed by atoms with Crippen molar-refractivity contribution in [3.8, 4) is 0 Å². The van der Waals surface area contributed by atoms with Crippen molar-refractivity contribution in [3.05, 3.63) is 0 Å². The molecule has 0 amide bonds. The highest BCUT2D eigenvalue weighted by Crippen LogP contribution is 2.25. The van der Waals surface area contributed by atoms with E-state index < -0.39 is 0 Å². The van der Waals surface area contributed by atoms with E-state index in [4.69, 9.17) is 4.74 Å². The molecule has 3 heterocycles. The van der Waals surface area contributed by atoms with Crippen LogP contribution in [-0.4, -0.2) is 133 Å². The molecule has 0 aromatic carbocycles. The van der Waals surface area contributed by atoms with Crippen molar-refractivity contribution >= 4 is 0 Å². The maximum Gasteiger partial charge on any atom is 0.0594 e. The van der Waals surface area contributed by atoms with Crippen LogP contribution in [0.25, 0.3) is 0 Å². The Hall–Kier alpha value is -0.240. The predicted molar refractivity (Wildman–Crippen MR) is 192 cm³/mol. The summed E-state index contributed by atoms with van der Waals surface area (Å²) in [7, 11) is 4.15. The zero-order valence-electron chi connectivity index (χ0n) is 31.2. The highest BCUT2D eigenvalue weighted by molar-refractivity contribution is 4.84. The zero-order chi connectivity index (χ0) is 32.1. The molecule has 3 fully saturated rings. The highest BCUT2D eigenvalue weighted by Gasteiger charge is 2.28. The fourth-order valence-electron chi connectivity index (χ4n) is 5.54. The summed E-state index contributed by atoms with van der Waals surface area (Å²) in [6, 6.07) is 5.22. The molecule has 0 spiro atoms. The van der Waals surface area contributed by atoms with E-state index in [0.717, 1.165) is 50.5 Å². The van der Waals surface area contributed by atoms with Crippen molar-refractivity contribution < 1.29 is 4.74 Å². The van der Waals surface area contributed by atoms with E-state index in [1.54, 1.807) is 0 Å². The molecule has 2 atom stereocenters. The molecular weight excluding hydrogens is 518 g/mol. The SMILES string of the molecule is C.CC(C)N(C)C.CC(C)N1C(C)CCC1C.CC(C)N1CCCC1.CC(C)N1CCOCC1.CCN(CC)C(C)C. The molecule has 0 bridgehead atoms. The number of hydrogen-bond donors (Lipinski definition) is 0. The number of morpholine rings is 1. The van der Waals surface area contributed by atoms with E-state index in [2.05, 4.69) is 136 Å². The topological polar surface area (TPSA) is 25.4 Å². The molecule has 3 rings (SSSR count). The third-order valence-electron chi connectivity index (χ3n) is 8.84. The van der Waals surface area contributed by atoms with Gasteiger partial charge >= 0.3 is 0 Å². The van der Waals surface area contributed by atoms with Gasteiger partial charge in [0.25, 0.3) is 0 Å². The van der Waals surface area contributed by atoms with Gasteiger partial charge in [-0.1, -0.05) is 21.3 Å². The van der Waals surface area contributed by atoms with Gasteiger partial charge in [0, 0.05) is 55.4 Å². The molecular formula is C36H83N5O. The van der Waals surface area contributed by atoms with Gasteiger partial charge in [0.05, 0.1) is 13.2 Å². The second kappa shape index (κ2) is 27.1. The first-order valence-corrected chi connectivity index (χ1v) is 17.3. The summed E-state index contributed by atoms with van der Waals surface area (Å²) in [6.45, 7) is 40.5. The van der Waals surface area contributed by atoms with Crippen LogP contribution >= 0.6 is 0 Å². The van der Waals surface area contributed by atoms with E-state index in [9.17, 15) is 0 Å². The van der Waals surface area contributed by atoms with Crippen molar-refractivity contribution in [3.63, 3.8) is 0 Å². The van der Waals surface area contributed by atoms with Crippen molar-refractivity contribution in [2.45, 2.75) is 172 Å². The van der Waals surface area contributed by atoms with Crippen LogP contribution in [-0.2, 0) is 4.74 Å². The number of hydrogen-bond acceptors (Lipinski definition) is 6. The van der Waals surface area contributed by atoms with Crippen LogP contribution in [0.3, 0.4) is 0 Å². The van der Waals surface area contributed by atoms with Crippen molar-refractivity contribution in [1.29, 1.82) is 0 Å². The van der Waals surface area contributed by atoms with E-state index in [1.807, 2.05) is 0 Å². The summed E-state index contributed by atoms with van der Waals surface area (Å²) in [5, 5.41) is 0. The van der Waals surface area contributed by atoms with E-state index in [-0.39, 0.29) is 7.43 Å². The highest BCUT2D eigenvalue weighted by atomic mass is 16.5. The lowest BCUT2D eigenvalue weighted by Crippen LogP contribution is -2.40. The molecule has 3 aliphatic heterocycles. The summed E-state index contributed by atoms with van der Waals surface area (Å²) >= 11 is 0. The lowest BCUT2D eigenvalue weighted by molar-refractivity contribution is 0.0238. The smallest absolute Gasteiger partial charge is 0.0594 e. The first-order valence-electron chi connectivity index (χ1n) is 17.3. The fourth-order valence-corrected chi connectivity index (χ4v) is 5.54. The van der Waals surface area contributed by atoms with Crippen LogP contribution < -0.4 is 0 Å². The van der Waals surface area contributed by atoms with E-state index in [1.165, 1.54) is 51.9 Å². The van der Waals surface area contributed by atoms with Crippen LogP contribution in [0.2, 0.25) is 0 Å². The Balaban J connectivity index is -0.000000454. The minimum Gasteiger partial charge on any atom is -0.379 e. The summed E-state index contributed by atoms with van der Waals surface area (Å²) in [5.74, 6) is 0. The monoisotopic (exact) mass is 602 g/mol. The first kappa shape index (κ1) is 46.2. The second-order valence-corrected chi connectivity index (χ2v) is 13.8. The molecule has 258 valence electrons. The van der Waals surface area contributed by atoms with Crippen molar-refractivity contribution in [1.82, 2.24) is 24.5 Å². The number of likely N-dealkylation sites (tertiary alicyclic amines) is 2. The summed E-state index contributed by atoms with van der Waals surface area (Å²) in [5.41, 5.74) is 0. The maximum atomic E-state index is 5.21. The summed E-state index contributed by atoms with van der Waals surface area (Å²) in [4.78, 5) is 12.2. The Bertz CT molecular complexity index is 529. The summed E-state index contributed by atoms with van der Waals surface area (Å²) < 4.78 is 5.21. The molecule has 0 aromatic rings. The third kappa shape index (κ3) is 22.3. The van der Waals surface area contributed by atoms with E-state index >= 15 is 0 Å².